The molecule has 0 aliphatic rings. The van der Waals surface area contributed by atoms with Crippen LogP contribution in [0.3, 0.4) is 0 Å². The van der Waals surface area contributed by atoms with Crippen molar-refractivity contribution in [3.8, 4) is 17.0 Å². The van der Waals surface area contributed by atoms with Crippen LogP contribution in [0.25, 0.3) is 11.3 Å². The molecule has 0 spiro atoms. The molecule has 4 aromatic rings. The molecule has 0 unspecified atom stereocenters. The Kier molecular flexibility index (Phi) is 6.71. The van der Waals surface area contributed by atoms with Gasteiger partial charge < -0.3 is 4.74 Å². The maximum atomic E-state index is 12.9. The van der Waals surface area contributed by atoms with E-state index >= 15 is 0 Å². The number of nitrogens with one attached hydrogen (secondary N) is 2. The lowest BCUT2D eigenvalue weighted by atomic mass is 10.2. The van der Waals surface area contributed by atoms with Gasteiger partial charge in [-0.25, -0.2) is 13.4 Å². The first-order valence-electron chi connectivity index (χ1n) is 10.1. The Hall–Kier alpha value is -3.69. The zero-order valence-corrected chi connectivity index (χ0v) is 19.3. The minimum absolute atomic E-state index is 0.0635. The van der Waals surface area contributed by atoms with Crippen molar-refractivity contribution >= 4 is 38.1 Å². The Morgan fingerprint density at radius 1 is 0.970 bits per heavy atom. The SMILES string of the molecule is CCOc1ccc(S(=O)(=O)Nc2ccccc2C(=O)Nc2nc(-c3ccccc3)cs2)cc1. The highest BCUT2D eigenvalue weighted by Gasteiger charge is 2.19. The van der Waals surface area contributed by atoms with Gasteiger partial charge in [-0.15, -0.1) is 11.3 Å². The van der Waals surface area contributed by atoms with Gasteiger partial charge in [0.15, 0.2) is 5.13 Å². The summed E-state index contributed by atoms with van der Waals surface area (Å²) in [6.07, 6.45) is 0. The van der Waals surface area contributed by atoms with Gasteiger partial charge in [-0.3, -0.25) is 14.8 Å². The van der Waals surface area contributed by atoms with Gasteiger partial charge in [-0.2, -0.15) is 0 Å². The first-order chi connectivity index (χ1) is 16.0. The Labute approximate surface area is 196 Å². The molecule has 4 rings (SSSR count). The van der Waals surface area contributed by atoms with Crippen molar-refractivity contribution in [3.05, 3.63) is 89.8 Å². The zero-order valence-electron chi connectivity index (χ0n) is 17.7. The van der Waals surface area contributed by atoms with Gasteiger partial charge >= 0.3 is 0 Å². The molecule has 0 aliphatic heterocycles. The normalized spacial score (nSPS) is 11.1. The van der Waals surface area contributed by atoms with E-state index in [0.29, 0.717) is 17.5 Å². The predicted molar refractivity (Wildman–Crippen MR) is 130 cm³/mol. The minimum atomic E-state index is -3.90. The lowest BCUT2D eigenvalue weighted by Crippen LogP contribution is -2.18. The first kappa shape index (κ1) is 22.5. The number of para-hydroxylation sites is 1. The number of ether oxygens (including phenoxy) is 1. The summed E-state index contributed by atoms with van der Waals surface area (Å²) in [6.45, 7) is 2.33. The number of aromatic nitrogens is 1. The molecule has 0 atom stereocenters. The maximum Gasteiger partial charge on any atom is 0.261 e. The molecule has 0 saturated carbocycles. The minimum Gasteiger partial charge on any atom is -0.494 e. The van der Waals surface area contributed by atoms with Crippen LogP contribution in [0.15, 0.2) is 89.1 Å². The van der Waals surface area contributed by atoms with Crippen molar-refractivity contribution in [2.75, 3.05) is 16.6 Å². The summed E-state index contributed by atoms with van der Waals surface area (Å²) >= 11 is 1.29. The molecule has 2 N–H and O–H groups in total. The fourth-order valence-electron chi connectivity index (χ4n) is 3.09. The molecule has 3 aromatic carbocycles. The van der Waals surface area contributed by atoms with Crippen LogP contribution >= 0.6 is 11.3 Å². The van der Waals surface area contributed by atoms with E-state index in [2.05, 4.69) is 15.0 Å². The van der Waals surface area contributed by atoms with Crippen molar-refractivity contribution in [1.82, 2.24) is 4.98 Å². The van der Waals surface area contributed by atoms with E-state index in [1.54, 1.807) is 30.3 Å². The van der Waals surface area contributed by atoms with Crippen LogP contribution in [0.5, 0.6) is 5.75 Å². The van der Waals surface area contributed by atoms with E-state index in [0.717, 1.165) is 11.3 Å². The Bertz CT molecular complexity index is 1350. The van der Waals surface area contributed by atoms with E-state index < -0.39 is 15.9 Å². The number of hydrogen-bond acceptors (Lipinski definition) is 6. The molecule has 33 heavy (non-hydrogen) atoms. The number of carbonyl (C=O) groups excluding carboxylic acids is 1. The summed E-state index contributed by atoms with van der Waals surface area (Å²) in [5.41, 5.74) is 2.05. The molecule has 0 aliphatic carbocycles. The Balaban J connectivity index is 1.52. The lowest BCUT2D eigenvalue weighted by Gasteiger charge is -2.12. The van der Waals surface area contributed by atoms with Gasteiger partial charge in [0.25, 0.3) is 15.9 Å². The maximum absolute atomic E-state index is 12.9. The van der Waals surface area contributed by atoms with Crippen LogP contribution in [0, 0.1) is 0 Å². The van der Waals surface area contributed by atoms with Crippen molar-refractivity contribution in [1.29, 1.82) is 0 Å². The number of anilines is 2. The summed E-state index contributed by atoms with van der Waals surface area (Å²) < 4.78 is 33.6. The van der Waals surface area contributed by atoms with Gasteiger partial charge in [0.05, 0.1) is 28.4 Å². The summed E-state index contributed by atoms with van der Waals surface area (Å²) in [6, 6.07) is 22.1. The second-order valence-electron chi connectivity index (χ2n) is 6.91. The molecule has 0 saturated heterocycles. The quantitative estimate of drug-likeness (QED) is 0.359. The number of rotatable bonds is 8. The van der Waals surface area contributed by atoms with Crippen LogP contribution < -0.4 is 14.8 Å². The topological polar surface area (TPSA) is 97.4 Å². The molecule has 1 aromatic heterocycles. The second kappa shape index (κ2) is 9.85. The average Bonchev–Trinajstić information content (AvgIpc) is 3.29. The van der Waals surface area contributed by atoms with Gasteiger partial charge in [-0.1, -0.05) is 42.5 Å². The number of carbonyl (C=O) groups is 1. The molecular weight excluding hydrogens is 458 g/mol. The third kappa shape index (κ3) is 5.39. The van der Waals surface area contributed by atoms with Crippen LogP contribution in [0.1, 0.15) is 17.3 Å². The number of sulfonamides is 1. The molecule has 9 heteroatoms. The number of hydrogen-bond donors (Lipinski definition) is 2. The highest BCUT2D eigenvalue weighted by molar-refractivity contribution is 7.92. The van der Waals surface area contributed by atoms with Crippen molar-refractivity contribution < 1.29 is 17.9 Å². The van der Waals surface area contributed by atoms with Crippen LogP contribution in [0.4, 0.5) is 10.8 Å². The van der Waals surface area contributed by atoms with E-state index in [-0.39, 0.29) is 16.1 Å². The second-order valence-corrected chi connectivity index (χ2v) is 9.45. The number of nitrogens with zero attached hydrogens (tertiary/aromatic N) is 1. The summed E-state index contributed by atoms with van der Waals surface area (Å²) in [4.78, 5) is 17.4. The smallest absolute Gasteiger partial charge is 0.261 e. The van der Waals surface area contributed by atoms with E-state index in [1.165, 1.54) is 29.5 Å². The zero-order chi connectivity index (χ0) is 23.3. The fraction of sp³-hybridized carbons (Fsp3) is 0.0833. The van der Waals surface area contributed by atoms with E-state index in [4.69, 9.17) is 4.74 Å². The molecule has 1 amide bonds. The molecule has 0 bridgehead atoms. The number of benzene rings is 3. The van der Waals surface area contributed by atoms with Gasteiger partial charge in [0, 0.05) is 10.9 Å². The third-order valence-corrected chi connectivity index (χ3v) is 6.79. The van der Waals surface area contributed by atoms with Crippen LogP contribution in [0.2, 0.25) is 0 Å². The van der Waals surface area contributed by atoms with Crippen LogP contribution in [-0.2, 0) is 10.0 Å². The molecular formula is C24H21N3O4S2. The van der Waals surface area contributed by atoms with E-state index in [1.807, 2.05) is 42.6 Å². The Morgan fingerprint density at radius 2 is 1.67 bits per heavy atom. The summed E-state index contributed by atoms with van der Waals surface area (Å²) in [5, 5.41) is 5.03. The predicted octanol–water partition coefficient (Wildman–Crippen LogP) is 5.26. The van der Waals surface area contributed by atoms with Crippen molar-refractivity contribution in [3.63, 3.8) is 0 Å². The average molecular weight is 480 g/mol. The number of amides is 1. The molecule has 7 nitrogen and oxygen atoms in total. The van der Waals surface area contributed by atoms with Gasteiger partial charge in [-0.05, 0) is 43.3 Å². The van der Waals surface area contributed by atoms with E-state index in [9.17, 15) is 13.2 Å². The highest BCUT2D eigenvalue weighted by atomic mass is 32.2. The third-order valence-electron chi connectivity index (χ3n) is 4.66. The van der Waals surface area contributed by atoms with Gasteiger partial charge in [0.1, 0.15) is 5.75 Å². The fourth-order valence-corrected chi connectivity index (χ4v) is 4.89. The van der Waals surface area contributed by atoms with Crippen LogP contribution in [-0.4, -0.2) is 25.9 Å². The lowest BCUT2D eigenvalue weighted by molar-refractivity contribution is 0.102. The van der Waals surface area contributed by atoms with Gasteiger partial charge in [0.2, 0.25) is 0 Å². The molecule has 0 fully saturated rings. The number of thiazole rings is 1. The molecule has 0 radical (unpaired) electrons. The first-order valence-corrected chi connectivity index (χ1v) is 12.5. The van der Waals surface area contributed by atoms with Crippen molar-refractivity contribution in [2.24, 2.45) is 0 Å². The molecule has 1 heterocycles. The standard InChI is InChI=1S/C24H21N3O4S2/c1-2-31-18-12-14-19(15-13-18)33(29,30)27-21-11-7-6-10-20(21)23(28)26-24-25-22(16-32-24)17-8-4-3-5-9-17/h3-16,27H,2H2,1H3,(H,25,26,28). The molecule has 168 valence electrons. The Morgan fingerprint density at radius 3 is 2.39 bits per heavy atom. The summed E-state index contributed by atoms with van der Waals surface area (Å²) in [7, 11) is -3.90. The van der Waals surface area contributed by atoms with Crippen molar-refractivity contribution in [2.45, 2.75) is 11.8 Å². The monoisotopic (exact) mass is 479 g/mol. The highest BCUT2D eigenvalue weighted by Crippen LogP contribution is 2.27. The largest absolute Gasteiger partial charge is 0.494 e. The summed E-state index contributed by atoms with van der Waals surface area (Å²) in [5.74, 6) is 0.114.